The van der Waals surface area contributed by atoms with Crippen LogP contribution >= 0.6 is 0 Å². The number of amides is 1. The van der Waals surface area contributed by atoms with Crippen LogP contribution in [-0.2, 0) is 7.05 Å². The molecule has 0 bridgehead atoms. The van der Waals surface area contributed by atoms with E-state index in [4.69, 9.17) is 4.98 Å². The fourth-order valence-electron chi connectivity index (χ4n) is 2.86. The van der Waals surface area contributed by atoms with E-state index in [-0.39, 0.29) is 5.91 Å². The number of anilines is 1. The summed E-state index contributed by atoms with van der Waals surface area (Å²) in [7, 11) is 1.94. The second kappa shape index (κ2) is 6.71. The van der Waals surface area contributed by atoms with Gasteiger partial charge in [0, 0.05) is 23.9 Å². The van der Waals surface area contributed by atoms with Gasteiger partial charge in [-0.1, -0.05) is 62.4 Å². The van der Waals surface area contributed by atoms with E-state index in [2.05, 4.69) is 19.2 Å². The van der Waals surface area contributed by atoms with Gasteiger partial charge in [0.15, 0.2) is 0 Å². The third kappa shape index (κ3) is 3.08. The van der Waals surface area contributed by atoms with Crippen molar-refractivity contribution in [1.29, 1.82) is 0 Å². The fraction of sp³-hybridized carbons (Fsp3) is 0.200. The molecule has 0 unspecified atom stereocenters. The molecule has 4 heteroatoms. The summed E-state index contributed by atoms with van der Waals surface area (Å²) in [4.78, 5) is 17.1. The van der Waals surface area contributed by atoms with Crippen molar-refractivity contribution in [2.45, 2.75) is 19.8 Å². The van der Waals surface area contributed by atoms with Gasteiger partial charge in [-0.3, -0.25) is 10.1 Å². The van der Waals surface area contributed by atoms with Crippen LogP contribution < -0.4 is 5.32 Å². The summed E-state index contributed by atoms with van der Waals surface area (Å²) < 4.78 is 1.97. The SMILES string of the molecule is CC(C)c1c(-c2ccccc2)nc(NC(=O)c2ccccc2)n1C. The van der Waals surface area contributed by atoms with E-state index in [0.29, 0.717) is 17.4 Å². The largest absolute Gasteiger partial charge is 0.316 e. The Morgan fingerprint density at radius 3 is 2.17 bits per heavy atom. The predicted octanol–water partition coefficient (Wildman–Crippen LogP) is 4.46. The summed E-state index contributed by atoms with van der Waals surface area (Å²) in [6.45, 7) is 4.26. The molecule has 4 nitrogen and oxygen atoms in total. The summed E-state index contributed by atoms with van der Waals surface area (Å²) in [5.41, 5.74) is 3.69. The van der Waals surface area contributed by atoms with Crippen LogP contribution in [0, 0.1) is 0 Å². The number of nitrogens with one attached hydrogen (secondary N) is 1. The van der Waals surface area contributed by atoms with Crippen LogP contribution in [0.2, 0.25) is 0 Å². The standard InChI is InChI=1S/C20H21N3O/c1-14(2)18-17(15-10-6-4-7-11-15)21-20(23(18)3)22-19(24)16-12-8-5-9-13-16/h4-14H,1-3H3,(H,21,22,24). The van der Waals surface area contributed by atoms with Gasteiger partial charge in [0.05, 0.1) is 5.69 Å². The molecule has 0 saturated heterocycles. The first-order chi connectivity index (χ1) is 11.6. The van der Waals surface area contributed by atoms with Gasteiger partial charge in [0.25, 0.3) is 5.91 Å². The van der Waals surface area contributed by atoms with Crippen molar-refractivity contribution in [1.82, 2.24) is 9.55 Å². The average molecular weight is 319 g/mol. The lowest BCUT2D eigenvalue weighted by Gasteiger charge is -2.11. The highest BCUT2D eigenvalue weighted by atomic mass is 16.1. The zero-order valence-electron chi connectivity index (χ0n) is 14.2. The van der Waals surface area contributed by atoms with Crippen molar-refractivity contribution in [3.63, 3.8) is 0 Å². The van der Waals surface area contributed by atoms with Gasteiger partial charge in [-0.2, -0.15) is 0 Å². The molecular weight excluding hydrogens is 298 g/mol. The Balaban J connectivity index is 1.99. The van der Waals surface area contributed by atoms with Crippen LogP contribution in [0.4, 0.5) is 5.95 Å². The minimum absolute atomic E-state index is 0.154. The highest BCUT2D eigenvalue weighted by molar-refractivity contribution is 6.03. The Hall–Kier alpha value is -2.88. The van der Waals surface area contributed by atoms with Crippen molar-refractivity contribution in [3.8, 4) is 11.3 Å². The van der Waals surface area contributed by atoms with Crippen LogP contribution in [0.15, 0.2) is 60.7 Å². The maximum Gasteiger partial charge on any atom is 0.257 e. The molecule has 2 aromatic carbocycles. The molecule has 1 heterocycles. The van der Waals surface area contributed by atoms with Crippen LogP contribution in [-0.4, -0.2) is 15.5 Å². The van der Waals surface area contributed by atoms with Gasteiger partial charge in [0.1, 0.15) is 0 Å². The molecule has 3 aromatic rings. The van der Waals surface area contributed by atoms with Gasteiger partial charge >= 0.3 is 0 Å². The first kappa shape index (κ1) is 16.0. The van der Waals surface area contributed by atoms with Crippen molar-refractivity contribution >= 4 is 11.9 Å². The van der Waals surface area contributed by atoms with E-state index in [9.17, 15) is 4.79 Å². The van der Waals surface area contributed by atoms with E-state index < -0.39 is 0 Å². The Bertz CT molecular complexity index is 836. The fourth-order valence-corrected chi connectivity index (χ4v) is 2.86. The van der Waals surface area contributed by atoms with Gasteiger partial charge in [-0.15, -0.1) is 0 Å². The molecule has 1 amide bonds. The summed E-state index contributed by atoms with van der Waals surface area (Å²) in [5, 5.41) is 2.92. The topological polar surface area (TPSA) is 46.9 Å². The molecule has 122 valence electrons. The maximum atomic E-state index is 12.4. The van der Waals surface area contributed by atoms with Crippen LogP contribution in [0.25, 0.3) is 11.3 Å². The van der Waals surface area contributed by atoms with E-state index in [0.717, 1.165) is 17.0 Å². The number of nitrogens with zero attached hydrogens (tertiary/aromatic N) is 2. The summed E-state index contributed by atoms with van der Waals surface area (Å²) in [6, 6.07) is 19.2. The third-order valence-electron chi connectivity index (χ3n) is 3.99. The van der Waals surface area contributed by atoms with Crippen LogP contribution in [0.1, 0.15) is 35.8 Å². The van der Waals surface area contributed by atoms with E-state index in [1.54, 1.807) is 12.1 Å². The first-order valence-electron chi connectivity index (χ1n) is 8.06. The molecule has 1 aromatic heterocycles. The monoisotopic (exact) mass is 319 g/mol. The number of carbonyl (C=O) groups is 1. The molecule has 1 N–H and O–H groups in total. The maximum absolute atomic E-state index is 12.4. The van der Waals surface area contributed by atoms with Crippen LogP contribution in [0.3, 0.4) is 0 Å². The molecule has 3 rings (SSSR count). The number of imidazole rings is 1. The molecular formula is C20H21N3O. The lowest BCUT2D eigenvalue weighted by Crippen LogP contribution is -2.15. The Morgan fingerprint density at radius 1 is 1.00 bits per heavy atom. The highest BCUT2D eigenvalue weighted by Gasteiger charge is 2.20. The van der Waals surface area contributed by atoms with E-state index >= 15 is 0 Å². The molecule has 0 spiro atoms. The molecule has 0 aliphatic rings. The second-order valence-electron chi connectivity index (χ2n) is 6.07. The molecule has 0 aliphatic carbocycles. The summed E-state index contributed by atoms with van der Waals surface area (Å²) >= 11 is 0. The summed E-state index contributed by atoms with van der Waals surface area (Å²) in [5.74, 6) is 0.699. The number of benzene rings is 2. The smallest absolute Gasteiger partial charge is 0.257 e. The Morgan fingerprint density at radius 2 is 1.58 bits per heavy atom. The van der Waals surface area contributed by atoms with Gasteiger partial charge in [-0.25, -0.2) is 4.98 Å². The zero-order valence-corrected chi connectivity index (χ0v) is 14.2. The molecule has 24 heavy (non-hydrogen) atoms. The van der Waals surface area contributed by atoms with Gasteiger partial charge < -0.3 is 4.57 Å². The Labute approximate surface area is 142 Å². The van der Waals surface area contributed by atoms with E-state index in [1.165, 1.54) is 0 Å². The van der Waals surface area contributed by atoms with Gasteiger partial charge in [0.2, 0.25) is 5.95 Å². The molecule has 0 atom stereocenters. The average Bonchev–Trinajstić information content (AvgIpc) is 2.93. The number of carbonyl (C=O) groups excluding carboxylic acids is 1. The summed E-state index contributed by atoms with van der Waals surface area (Å²) in [6.07, 6.45) is 0. The molecule has 0 saturated carbocycles. The van der Waals surface area contributed by atoms with Crippen molar-refractivity contribution in [2.75, 3.05) is 5.32 Å². The molecule has 0 aliphatic heterocycles. The zero-order chi connectivity index (χ0) is 17.1. The number of hydrogen-bond acceptors (Lipinski definition) is 2. The highest BCUT2D eigenvalue weighted by Crippen LogP contribution is 2.31. The predicted molar refractivity (Wildman–Crippen MR) is 97.1 cm³/mol. The van der Waals surface area contributed by atoms with Crippen molar-refractivity contribution < 1.29 is 4.79 Å². The minimum Gasteiger partial charge on any atom is -0.316 e. The van der Waals surface area contributed by atoms with E-state index in [1.807, 2.05) is 60.1 Å². The quantitative estimate of drug-likeness (QED) is 0.771. The first-order valence-corrected chi connectivity index (χ1v) is 8.06. The van der Waals surface area contributed by atoms with Crippen molar-refractivity contribution in [2.24, 2.45) is 7.05 Å². The Kier molecular flexibility index (Phi) is 4.47. The van der Waals surface area contributed by atoms with Crippen molar-refractivity contribution in [3.05, 3.63) is 71.9 Å². The molecule has 0 radical (unpaired) electrons. The second-order valence-corrected chi connectivity index (χ2v) is 6.07. The number of aromatic nitrogens is 2. The minimum atomic E-state index is -0.154. The molecule has 0 fully saturated rings. The number of hydrogen-bond donors (Lipinski definition) is 1. The van der Waals surface area contributed by atoms with Crippen LogP contribution in [0.5, 0.6) is 0 Å². The lowest BCUT2D eigenvalue weighted by molar-refractivity contribution is 0.102. The normalized spacial score (nSPS) is 10.8. The number of rotatable bonds is 4. The lowest BCUT2D eigenvalue weighted by atomic mass is 10.0. The third-order valence-corrected chi connectivity index (χ3v) is 3.99. The van der Waals surface area contributed by atoms with Gasteiger partial charge in [-0.05, 0) is 18.1 Å².